The first-order valence-electron chi connectivity index (χ1n) is 7.87. The molecule has 0 fully saturated rings. The van der Waals surface area contributed by atoms with Gasteiger partial charge in [0.15, 0.2) is 0 Å². The van der Waals surface area contributed by atoms with Gasteiger partial charge in [-0.1, -0.05) is 18.2 Å². The zero-order valence-corrected chi connectivity index (χ0v) is 15.3. The minimum Gasteiger partial charge on any atom is -0.346 e. The van der Waals surface area contributed by atoms with E-state index in [1.165, 1.54) is 23.9 Å². The molecule has 0 unspecified atom stereocenters. The summed E-state index contributed by atoms with van der Waals surface area (Å²) in [5, 5.41) is 16.0. The molecule has 136 valence electrons. The molecule has 2 aromatic rings. The van der Waals surface area contributed by atoms with Crippen LogP contribution in [-0.2, 0) is 9.59 Å². The van der Waals surface area contributed by atoms with E-state index in [4.69, 9.17) is 0 Å². The van der Waals surface area contributed by atoms with Crippen LogP contribution in [0.15, 0.2) is 47.4 Å². The third-order valence-electron chi connectivity index (χ3n) is 3.61. The lowest BCUT2D eigenvalue weighted by atomic mass is 10.1. The van der Waals surface area contributed by atoms with Crippen molar-refractivity contribution in [1.29, 1.82) is 0 Å². The van der Waals surface area contributed by atoms with Gasteiger partial charge in [-0.3, -0.25) is 19.7 Å². The van der Waals surface area contributed by atoms with Crippen molar-refractivity contribution in [2.24, 2.45) is 0 Å². The van der Waals surface area contributed by atoms with Crippen LogP contribution >= 0.6 is 11.8 Å². The number of nitrogens with zero attached hydrogens (tertiary/aromatic N) is 1. The van der Waals surface area contributed by atoms with Gasteiger partial charge in [-0.05, 0) is 37.1 Å². The van der Waals surface area contributed by atoms with E-state index >= 15 is 0 Å². The van der Waals surface area contributed by atoms with E-state index in [1.54, 1.807) is 12.1 Å². The van der Waals surface area contributed by atoms with Gasteiger partial charge in [-0.25, -0.2) is 0 Å². The van der Waals surface area contributed by atoms with Crippen LogP contribution in [0.2, 0.25) is 0 Å². The van der Waals surface area contributed by atoms with Gasteiger partial charge in [-0.15, -0.1) is 11.8 Å². The van der Waals surface area contributed by atoms with Crippen LogP contribution in [0, 0.1) is 24.0 Å². The maximum absolute atomic E-state index is 12.0. The summed E-state index contributed by atoms with van der Waals surface area (Å²) in [4.78, 5) is 34.7. The summed E-state index contributed by atoms with van der Waals surface area (Å²) >= 11 is 1.24. The van der Waals surface area contributed by atoms with E-state index in [2.05, 4.69) is 10.6 Å². The average molecular weight is 373 g/mol. The van der Waals surface area contributed by atoms with Gasteiger partial charge >= 0.3 is 0 Å². The van der Waals surface area contributed by atoms with Crippen molar-refractivity contribution in [3.05, 3.63) is 63.7 Å². The lowest BCUT2D eigenvalue weighted by Gasteiger charge is -2.11. The molecule has 0 heterocycles. The second-order valence-electron chi connectivity index (χ2n) is 5.63. The highest BCUT2D eigenvalue weighted by atomic mass is 32.2. The third kappa shape index (κ3) is 5.59. The van der Waals surface area contributed by atoms with Crippen molar-refractivity contribution in [3.8, 4) is 0 Å². The zero-order chi connectivity index (χ0) is 19.1. The quantitative estimate of drug-likeness (QED) is 0.441. The minimum atomic E-state index is -0.476. The van der Waals surface area contributed by atoms with Gasteiger partial charge in [-0.2, -0.15) is 0 Å². The number of hydrogen-bond acceptors (Lipinski definition) is 5. The highest BCUT2D eigenvalue weighted by molar-refractivity contribution is 8.00. The first-order chi connectivity index (χ1) is 12.4. The van der Waals surface area contributed by atoms with E-state index in [9.17, 15) is 19.7 Å². The Morgan fingerprint density at radius 3 is 2.23 bits per heavy atom. The lowest BCUT2D eigenvalue weighted by Crippen LogP contribution is -2.34. The Hall–Kier alpha value is -2.87. The largest absolute Gasteiger partial charge is 0.346 e. The predicted molar refractivity (Wildman–Crippen MR) is 101 cm³/mol. The number of thioether (sulfide) groups is 1. The van der Waals surface area contributed by atoms with Crippen LogP contribution in [-0.4, -0.2) is 29.0 Å². The average Bonchev–Trinajstić information content (AvgIpc) is 2.61. The molecule has 2 rings (SSSR count). The lowest BCUT2D eigenvalue weighted by molar-refractivity contribution is -0.384. The van der Waals surface area contributed by atoms with Crippen LogP contribution < -0.4 is 10.6 Å². The molecule has 0 aliphatic rings. The first kappa shape index (κ1) is 19.5. The van der Waals surface area contributed by atoms with Crippen LogP contribution in [0.3, 0.4) is 0 Å². The van der Waals surface area contributed by atoms with Crippen molar-refractivity contribution in [2.45, 2.75) is 18.7 Å². The van der Waals surface area contributed by atoms with Crippen molar-refractivity contribution in [3.63, 3.8) is 0 Å². The zero-order valence-electron chi connectivity index (χ0n) is 14.4. The number of hydrogen-bond donors (Lipinski definition) is 2. The summed E-state index contributed by atoms with van der Waals surface area (Å²) in [6.07, 6.45) is 0. The summed E-state index contributed by atoms with van der Waals surface area (Å²) in [6, 6.07) is 11.7. The number of carbonyl (C=O) groups is 2. The number of anilines is 1. The molecular formula is C18H19N3O4S. The molecule has 0 saturated carbocycles. The molecule has 2 aromatic carbocycles. The Morgan fingerprint density at radius 2 is 1.65 bits per heavy atom. The number of aryl methyl sites for hydroxylation is 2. The predicted octanol–water partition coefficient (Wildman–Crippen LogP) is 3.06. The third-order valence-corrected chi connectivity index (χ3v) is 4.62. The Labute approximate surface area is 155 Å². The van der Waals surface area contributed by atoms with Crippen LogP contribution in [0.5, 0.6) is 0 Å². The van der Waals surface area contributed by atoms with Gasteiger partial charge in [0.1, 0.15) is 0 Å². The maximum Gasteiger partial charge on any atom is 0.269 e. The SMILES string of the molecule is Cc1cccc(C)c1NC(=O)CNC(=O)CSc1ccc([N+](=O)[O-])cc1. The van der Waals surface area contributed by atoms with Crippen LogP contribution in [0.25, 0.3) is 0 Å². The van der Waals surface area contributed by atoms with Crippen LogP contribution in [0.4, 0.5) is 11.4 Å². The highest BCUT2D eigenvalue weighted by Crippen LogP contribution is 2.21. The fourth-order valence-electron chi connectivity index (χ4n) is 2.24. The Morgan fingerprint density at radius 1 is 1.04 bits per heavy atom. The Bertz CT molecular complexity index is 801. The standard InChI is InChI=1S/C18H19N3O4S/c1-12-4-3-5-13(2)18(12)20-16(22)10-19-17(23)11-26-15-8-6-14(7-9-15)21(24)25/h3-9H,10-11H2,1-2H3,(H,19,23)(H,20,22). The smallest absolute Gasteiger partial charge is 0.269 e. The molecule has 2 N–H and O–H groups in total. The van der Waals surface area contributed by atoms with E-state index < -0.39 is 4.92 Å². The second kappa shape index (κ2) is 9.00. The van der Waals surface area contributed by atoms with Gasteiger partial charge in [0.2, 0.25) is 11.8 Å². The first-order valence-corrected chi connectivity index (χ1v) is 8.85. The molecule has 0 saturated heterocycles. The van der Waals surface area contributed by atoms with E-state index in [1.807, 2.05) is 32.0 Å². The fourth-order valence-corrected chi connectivity index (χ4v) is 2.97. The molecule has 0 aliphatic carbocycles. The number of nitrogens with one attached hydrogen (secondary N) is 2. The molecule has 26 heavy (non-hydrogen) atoms. The highest BCUT2D eigenvalue weighted by Gasteiger charge is 2.10. The number of rotatable bonds is 7. The molecule has 0 bridgehead atoms. The number of nitro groups is 1. The van der Waals surface area contributed by atoms with Gasteiger partial charge in [0.25, 0.3) is 5.69 Å². The Balaban J connectivity index is 1.77. The minimum absolute atomic E-state index is 0.00183. The van der Waals surface area contributed by atoms with Gasteiger partial charge in [0, 0.05) is 22.7 Å². The van der Waals surface area contributed by atoms with Crippen molar-refractivity contribution in [2.75, 3.05) is 17.6 Å². The number of benzene rings is 2. The summed E-state index contributed by atoms with van der Waals surface area (Å²) in [5.41, 5.74) is 2.67. The van der Waals surface area contributed by atoms with Crippen molar-refractivity contribution in [1.82, 2.24) is 5.32 Å². The molecule has 8 heteroatoms. The normalized spacial score (nSPS) is 10.2. The van der Waals surface area contributed by atoms with Gasteiger partial charge in [0.05, 0.1) is 17.2 Å². The number of para-hydroxylation sites is 1. The summed E-state index contributed by atoms with van der Waals surface area (Å²) < 4.78 is 0. The summed E-state index contributed by atoms with van der Waals surface area (Å²) in [6.45, 7) is 3.69. The van der Waals surface area contributed by atoms with Crippen LogP contribution in [0.1, 0.15) is 11.1 Å². The molecule has 0 spiro atoms. The fraction of sp³-hybridized carbons (Fsp3) is 0.222. The number of non-ortho nitro benzene ring substituents is 1. The molecule has 0 radical (unpaired) electrons. The molecule has 7 nitrogen and oxygen atoms in total. The van der Waals surface area contributed by atoms with Crippen molar-refractivity contribution >= 4 is 35.0 Å². The van der Waals surface area contributed by atoms with Gasteiger partial charge < -0.3 is 10.6 Å². The molecule has 0 aliphatic heterocycles. The molecule has 2 amide bonds. The number of amides is 2. The molecule has 0 aromatic heterocycles. The van der Waals surface area contributed by atoms with E-state index in [0.717, 1.165) is 21.7 Å². The molecule has 0 atom stereocenters. The van der Waals surface area contributed by atoms with Crippen molar-refractivity contribution < 1.29 is 14.5 Å². The summed E-state index contributed by atoms with van der Waals surface area (Å²) in [5.74, 6) is -0.463. The monoisotopic (exact) mass is 373 g/mol. The second-order valence-corrected chi connectivity index (χ2v) is 6.68. The van der Waals surface area contributed by atoms with E-state index in [0.29, 0.717) is 0 Å². The van der Waals surface area contributed by atoms with E-state index in [-0.39, 0.29) is 29.8 Å². The maximum atomic E-state index is 12.0. The number of nitro benzene ring substituents is 1. The summed E-state index contributed by atoms with van der Waals surface area (Å²) in [7, 11) is 0. The number of carbonyl (C=O) groups excluding carboxylic acids is 2. The molecular weight excluding hydrogens is 354 g/mol. The Kier molecular flexibility index (Phi) is 6.74. The topological polar surface area (TPSA) is 101 Å².